The largest absolute Gasteiger partial charge is 0.273 e. The number of nitrogens with zero attached hydrogens (tertiary/aromatic N) is 2. The zero-order valence-corrected chi connectivity index (χ0v) is 16.6. The maximum Gasteiger partial charge on any atom is 0.273 e. The third-order valence-electron chi connectivity index (χ3n) is 6.29. The van der Waals surface area contributed by atoms with E-state index < -0.39 is 23.6 Å². The smallest absolute Gasteiger partial charge is 0.272 e. The summed E-state index contributed by atoms with van der Waals surface area (Å²) in [5.74, 6) is -2.71. The van der Waals surface area contributed by atoms with Crippen molar-refractivity contribution in [1.82, 2.24) is 10.0 Å². The van der Waals surface area contributed by atoms with Gasteiger partial charge in [0.15, 0.2) is 0 Å². The molecule has 152 valence electrons. The molecule has 2 aromatic rings. The van der Waals surface area contributed by atoms with Crippen LogP contribution in [0.3, 0.4) is 0 Å². The number of carbonyl (C=O) groups excluding carboxylic acids is 3. The maximum absolute atomic E-state index is 14.4. The topological polar surface area (TPSA) is 57.7 Å². The highest BCUT2D eigenvalue weighted by atomic mass is 35.5. The molecule has 2 aromatic carbocycles. The SMILES string of the molecule is O=C(c1ccc(Cl)cc1)N(Cc1ccccc1F)N1C(=O)[C@@H]2[C@H](C1=O)[C@H]1C=C[C@H]2C1. The van der Waals surface area contributed by atoms with E-state index in [0.717, 1.165) is 16.4 Å². The molecule has 1 aliphatic heterocycles. The van der Waals surface area contributed by atoms with E-state index >= 15 is 0 Å². The standard InChI is InChI=1S/C23H18ClFN2O3/c24-17-9-7-13(8-10-17)21(28)26(12-16-3-1-2-4-18(16)25)27-22(29)19-14-5-6-15(11-14)20(19)23(27)30/h1-10,14-15,19-20H,11-12H2/t14-,15-,19-,20+/m0/s1. The van der Waals surface area contributed by atoms with Crippen LogP contribution in [0.5, 0.6) is 0 Å². The Hall–Kier alpha value is -2.99. The second-order valence-corrected chi connectivity index (χ2v) is 8.39. The van der Waals surface area contributed by atoms with Crippen LogP contribution in [-0.2, 0) is 16.1 Å². The van der Waals surface area contributed by atoms with Crippen molar-refractivity contribution in [3.63, 3.8) is 0 Å². The molecule has 1 saturated carbocycles. The van der Waals surface area contributed by atoms with Crippen LogP contribution in [0.1, 0.15) is 22.3 Å². The summed E-state index contributed by atoms with van der Waals surface area (Å²) in [7, 11) is 0. The molecule has 3 amide bonds. The van der Waals surface area contributed by atoms with Gasteiger partial charge >= 0.3 is 0 Å². The lowest BCUT2D eigenvalue weighted by molar-refractivity contribution is -0.156. The van der Waals surface area contributed by atoms with Gasteiger partial charge in [-0.2, -0.15) is 5.01 Å². The fraction of sp³-hybridized carbons (Fsp3) is 0.261. The molecule has 5 rings (SSSR count). The second kappa shape index (κ2) is 7.06. The minimum Gasteiger partial charge on any atom is -0.272 e. The van der Waals surface area contributed by atoms with Crippen molar-refractivity contribution >= 4 is 29.3 Å². The fourth-order valence-electron chi connectivity index (χ4n) is 4.89. The van der Waals surface area contributed by atoms with E-state index in [1.807, 2.05) is 12.2 Å². The van der Waals surface area contributed by atoms with Gasteiger partial charge in [0, 0.05) is 16.1 Å². The van der Waals surface area contributed by atoms with Crippen LogP contribution < -0.4 is 0 Å². The highest BCUT2D eigenvalue weighted by Gasteiger charge is 2.61. The number of benzene rings is 2. The Balaban J connectivity index is 1.53. The first-order chi connectivity index (χ1) is 14.5. The molecule has 5 nitrogen and oxygen atoms in total. The van der Waals surface area contributed by atoms with Gasteiger partial charge in [-0.15, -0.1) is 0 Å². The minimum absolute atomic E-state index is 0.0161. The van der Waals surface area contributed by atoms with Crippen LogP contribution in [0.15, 0.2) is 60.7 Å². The van der Waals surface area contributed by atoms with Crippen LogP contribution in [0.2, 0.25) is 5.02 Å². The van der Waals surface area contributed by atoms with Crippen LogP contribution in [0.25, 0.3) is 0 Å². The summed E-state index contributed by atoms with van der Waals surface area (Å²) in [5, 5.41) is 2.48. The monoisotopic (exact) mass is 424 g/mol. The van der Waals surface area contributed by atoms with Gasteiger partial charge in [-0.1, -0.05) is 42.0 Å². The number of carbonyl (C=O) groups is 3. The van der Waals surface area contributed by atoms with Gasteiger partial charge in [0.2, 0.25) is 0 Å². The number of amides is 3. The molecule has 1 saturated heterocycles. The van der Waals surface area contributed by atoms with E-state index in [1.54, 1.807) is 24.3 Å². The summed E-state index contributed by atoms with van der Waals surface area (Å²) in [6.45, 7) is -0.228. The van der Waals surface area contributed by atoms with Crippen LogP contribution in [0.4, 0.5) is 4.39 Å². The van der Waals surface area contributed by atoms with E-state index in [0.29, 0.717) is 5.02 Å². The van der Waals surface area contributed by atoms with Gasteiger partial charge in [0.05, 0.1) is 18.4 Å². The molecule has 0 radical (unpaired) electrons. The summed E-state index contributed by atoms with van der Waals surface area (Å²) >= 11 is 5.92. The van der Waals surface area contributed by atoms with E-state index in [-0.39, 0.29) is 41.3 Å². The van der Waals surface area contributed by atoms with Crippen LogP contribution >= 0.6 is 11.6 Å². The lowest BCUT2D eigenvalue weighted by Crippen LogP contribution is -2.50. The molecule has 2 bridgehead atoms. The Bertz CT molecular complexity index is 1050. The van der Waals surface area contributed by atoms with E-state index in [1.165, 1.54) is 24.3 Å². The number of fused-ring (bicyclic) bond motifs is 5. The van der Waals surface area contributed by atoms with Crippen molar-refractivity contribution < 1.29 is 18.8 Å². The number of imide groups is 1. The zero-order chi connectivity index (χ0) is 21.0. The van der Waals surface area contributed by atoms with Crippen molar-refractivity contribution in [2.45, 2.75) is 13.0 Å². The van der Waals surface area contributed by atoms with Crippen molar-refractivity contribution in [3.8, 4) is 0 Å². The Morgan fingerprint density at radius 3 is 2.20 bits per heavy atom. The molecule has 30 heavy (non-hydrogen) atoms. The van der Waals surface area contributed by atoms with Crippen LogP contribution in [0, 0.1) is 29.5 Å². The maximum atomic E-state index is 14.4. The summed E-state index contributed by atoms with van der Waals surface area (Å²) in [6.07, 6.45) is 4.77. The van der Waals surface area contributed by atoms with Crippen molar-refractivity contribution in [2.24, 2.45) is 23.7 Å². The molecule has 0 spiro atoms. The predicted octanol–water partition coefficient (Wildman–Crippen LogP) is 3.84. The molecule has 3 aliphatic rings. The molecular formula is C23H18ClFN2O3. The predicted molar refractivity (Wildman–Crippen MR) is 107 cm³/mol. The Kier molecular flexibility index (Phi) is 4.47. The molecule has 2 fully saturated rings. The lowest BCUT2D eigenvalue weighted by Gasteiger charge is -2.31. The lowest BCUT2D eigenvalue weighted by atomic mass is 9.85. The molecule has 7 heteroatoms. The number of rotatable bonds is 4. The Morgan fingerprint density at radius 1 is 1.00 bits per heavy atom. The molecule has 2 aliphatic carbocycles. The van der Waals surface area contributed by atoms with E-state index in [9.17, 15) is 18.8 Å². The molecule has 4 atom stereocenters. The number of hydrogen-bond acceptors (Lipinski definition) is 3. The van der Waals surface area contributed by atoms with Gasteiger partial charge in [-0.25, -0.2) is 9.40 Å². The molecule has 0 aromatic heterocycles. The zero-order valence-electron chi connectivity index (χ0n) is 15.9. The summed E-state index contributed by atoms with van der Waals surface area (Å²) < 4.78 is 14.4. The minimum atomic E-state index is -0.558. The van der Waals surface area contributed by atoms with Crippen molar-refractivity contribution in [3.05, 3.63) is 82.6 Å². The van der Waals surface area contributed by atoms with Gasteiger partial charge < -0.3 is 0 Å². The molecule has 0 N–H and O–H groups in total. The van der Waals surface area contributed by atoms with Crippen LogP contribution in [-0.4, -0.2) is 27.7 Å². The summed E-state index contributed by atoms with van der Waals surface area (Å²) in [5.41, 5.74) is 0.480. The highest BCUT2D eigenvalue weighted by molar-refractivity contribution is 6.30. The van der Waals surface area contributed by atoms with Gasteiger partial charge in [0.1, 0.15) is 5.82 Å². The summed E-state index contributed by atoms with van der Waals surface area (Å²) in [6, 6.07) is 12.2. The quantitative estimate of drug-likeness (QED) is 0.553. The Labute approximate surface area is 177 Å². The number of hydrogen-bond donors (Lipinski definition) is 0. The average Bonchev–Trinajstić information content (AvgIpc) is 3.42. The number of allylic oxidation sites excluding steroid dienone is 2. The summed E-state index contributed by atoms with van der Waals surface area (Å²) in [4.78, 5) is 39.9. The second-order valence-electron chi connectivity index (χ2n) is 7.95. The van der Waals surface area contributed by atoms with Crippen molar-refractivity contribution in [1.29, 1.82) is 0 Å². The molecular weight excluding hydrogens is 407 g/mol. The molecule has 0 unspecified atom stereocenters. The highest BCUT2D eigenvalue weighted by Crippen LogP contribution is 2.52. The first-order valence-electron chi connectivity index (χ1n) is 9.82. The van der Waals surface area contributed by atoms with Gasteiger partial charge in [0.25, 0.3) is 17.7 Å². The van der Waals surface area contributed by atoms with Crippen molar-refractivity contribution in [2.75, 3.05) is 0 Å². The number of halogens is 2. The fourth-order valence-corrected chi connectivity index (χ4v) is 5.01. The van der Waals surface area contributed by atoms with Gasteiger partial charge in [-0.05, 0) is 48.6 Å². The Morgan fingerprint density at radius 2 is 1.60 bits per heavy atom. The third kappa shape index (κ3) is 2.86. The third-order valence-corrected chi connectivity index (χ3v) is 6.54. The first kappa shape index (κ1) is 19.0. The first-order valence-corrected chi connectivity index (χ1v) is 10.2. The molecule has 1 heterocycles. The van der Waals surface area contributed by atoms with E-state index in [2.05, 4.69) is 0 Å². The average molecular weight is 425 g/mol. The van der Waals surface area contributed by atoms with Gasteiger partial charge in [-0.3, -0.25) is 14.4 Å². The normalized spacial score (nSPS) is 26.4. The number of hydrazine groups is 1. The van der Waals surface area contributed by atoms with E-state index in [4.69, 9.17) is 11.6 Å².